The molecule has 1 heterocycles. The van der Waals surface area contributed by atoms with E-state index in [4.69, 9.17) is 10.5 Å². The van der Waals surface area contributed by atoms with Crippen molar-refractivity contribution in [2.45, 2.75) is 0 Å². The van der Waals surface area contributed by atoms with Gasteiger partial charge in [0.1, 0.15) is 18.8 Å². The monoisotopic (exact) mass is 220 g/mol. The molecule has 3 N–H and O–H groups in total. The lowest BCUT2D eigenvalue weighted by atomic mass is 10.3. The first-order valence-electron chi connectivity index (χ1n) is 4.79. The lowest BCUT2D eigenvalue weighted by molar-refractivity contribution is -0.119. The van der Waals surface area contributed by atoms with E-state index < -0.39 is 5.91 Å². The second-order valence-electron chi connectivity index (χ2n) is 3.28. The Morgan fingerprint density at radius 2 is 2.25 bits per heavy atom. The molecule has 1 aliphatic rings. The molecule has 0 saturated carbocycles. The Morgan fingerprint density at radius 1 is 1.50 bits per heavy atom. The first-order chi connectivity index (χ1) is 7.75. The third kappa shape index (κ3) is 2.41. The van der Waals surface area contributed by atoms with E-state index in [-0.39, 0.29) is 6.61 Å². The molecular weight excluding hydrogens is 208 g/mol. The molecular formula is C10H12N4O2. The van der Waals surface area contributed by atoms with E-state index in [1.54, 1.807) is 18.5 Å². The van der Waals surface area contributed by atoms with Crippen LogP contribution in [0.2, 0.25) is 0 Å². The summed E-state index contributed by atoms with van der Waals surface area (Å²) in [7, 11) is 0. The number of nitrogens with one attached hydrogen (secondary N) is 1. The van der Waals surface area contributed by atoms with Gasteiger partial charge in [0.05, 0.1) is 0 Å². The highest BCUT2D eigenvalue weighted by Crippen LogP contribution is 2.18. The van der Waals surface area contributed by atoms with E-state index in [9.17, 15) is 4.79 Å². The van der Waals surface area contributed by atoms with E-state index in [1.165, 1.54) is 0 Å². The zero-order valence-electron chi connectivity index (χ0n) is 8.59. The minimum absolute atomic E-state index is 0.105. The summed E-state index contributed by atoms with van der Waals surface area (Å²) in [5.74, 6) is 0.131. The minimum Gasteiger partial charge on any atom is -0.484 e. The van der Waals surface area contributed by atoms with Crippen molar-refractivity contribution in [3.05, 3.63) is 24.3 Å². The molecule has 0 fully saturated rings. The summed E-state index contributed by atoms with van der Waals surface area (Å²) >= 11 is 0. The Labute approximate surface area is 92.7 Å². The molecule has 16 heavy (non-hydrogen) atoms. The molecule has 6 nitrogen and oxygen atoms in total. The summed E-state index contributed by atoms with van der Waals surface area (Å²) < 4.78 is 5.14. The molecule has 0 atom stereocenters. The van der Waals surface area contributed by atoms with Crippen LogP contribution in [0.1, 0.15) is 0 Å². The average molecular weight is 220 g/mol. The molecule has 0 bridgehead atoms. The van der Waals surface area contributed by atoms with Crippen molar-refractivity contribution in [1.82, 2.24) is 5.43 Å². The first kappa shape index (κ1) is 10.3. The van der Waals surface area contributed by atoms with Gasteiger partial charge < -0.3 is 15.4 Å². The fourth-order valence-corrected chi connectivity index (χ4v) is 1.31. The van der Waals surface area contributed by atoms with Crippen LogP contribution in [0.25, 0.3) is 0 Å². The number of benzene rings is 1. The molecule has 2 rings (SSSR count). The number of ether oxygens (including phenoxy) is 1. The number of primary amides is 1. The highest BCUT2D eigenvalue weighted by Gasteiger charge is 2.07. The van der Waals surface area contributed by atoms with E-state index in [2.05, 4.69) is 10.5 Å². The maximum atomic E-state index is 10.5. The van der Waals surface area contributed by atoms with Gasteiger partial charge >= 0.3 is 0 Å². The zero-order valence-corrected chi connectivity index (χ0v) is 8.59. The molecule has 84 valence electrons. The van der Waals surface area contributed by atoms with Crippen LogP contribution in [0.5, 0.6) is 5.75 Å². The SMILES string of the molecule is NC(=O)COc1ccc(N2C=NNC2)cc1. The number of hydrazone groups is 1. The summed E-state index contributed by atoms with van der Waals surface area (Å²) in [6, 6.07) is 7.33. The topological polar surface area (TPSA) is 80.0 Å². The molecule has 0 radical (unpaired) electrons. The first-order valence-corrected chi connectivity index (χ1v) is 4.79. The molecule has 1 aromatic rings. The Hall–Kier alpha value is -2.24. The predicted octanol–water partition coefficient (Wildman–Crippen LogP) is -0.139. The van der Waals surface area contributed by atoms with Crippen LogP contribution in [0.3, 0.4) is 0 Å². The van der Waals surface area contributed by atoms with Gasteiger partial charge in [0, 0.05) is 5.69 Å². The van der Waals surface area contributed by atoms with Gasteiger partial charge in [0.2, 0.25) is 0 Å². The number of carbonyl (C=O) groups excluding carboxylic acids is 1. The van der Waals surface area contributed by atoms with Crippen LogP contribution in [-0.4, -0.2) is 25.5 Å². The highest BCUT2D eigenvalue weighted by molar-refractivity contribution is 5.80. The molecule has 6 heteroatoms. The van der Waals surface area contributed by atoms with Gasteiger partial charge in [0.15, 0.2) is 6.61 Å². The number of nitrogens with zero attached hydrogens (tertiary/aromatic N) is 2. The molecule has 1 amide bonds. The lowest BCUT2D eigenvalue weighted by Gasteiger charge is -2.13. The Bertz CT molecular complexity index is 402. The smallest absolute Gasteiger partial charge is 0.255 e. The number of amides is 1. The summed E-state index contributed by atoms with van der Waals surface area (Å²) in [5.41, 5.74) is 8.80. The normalized spacial score (nSPS) is 13.6. The number of anilines is 1. The van der Waals surface area contributed by atoms with Gasteiger partial charge in [-0.25, -0.2) is 0 Å². The van der Waals surface area contributed by atoms with E-state index >= 15 is 0 Å². The minimum atomic E-state index is -0.486. The van der Waals surface area contributed by atoms with Crippen molar-refractivity contribution in [2.24, 2.45) is 10.8 Å². The molecule has 1 aromatic carbocycles. The van der Waals surface area contributed by atoms with Gasteiger partial charge in [0.25, 0.3) is 5.91 Å². The third-order valence-electron chi connectivity index (χ3n) is 2.08. The van der Waals surface area contributed by atoms with Crippen LogP contribution >= 0.6 is 0 Å². The fourth-order valence-electron chi connectivity index (χ4n) is 1.31. The summed E-state index contributed by atoms with van der Waals surface area (Å²) in [6.07, 6.45) is 1.71. The van der Waals surface area contributed by atoms with Gasteiger partial charge in [-0.2, -0.15) is 5.10 Å². The molecule has 0 unspecified atom stereocenters. The van der Waals surface area contributed by atoms with Crippen molar-refractivity contribution >= 4 is 17.9 Å². The van der Waals surface area contributed by atoms with E-state index in [1.807, 2.05) is 17.0 Å². The van der Waals surface area contributed by atoms with Crippen LogP contribution < -0.4 is 20.8 Å². The zero-order chi connectivity index (χ0) is 11.4. The standard InChI is InChI=1S/C10H12N4O2/c11-10(15)5-16-9-3-1-8(2-4-9)14-6-12-13-7-14/h1-4,6,13H,5,7H2,(H2,11,15). The highest BCUT2D eigenvalue weighted by atomic mass is 16.5. The van der Waals surface area contributed by atoms with Gasteiger partial charge in [-0.15, -0.1) is 0 Å². The number of nitrogens with two attached hydrogens (primary N) is 1. The van der Waals surface area contributed by atoms with E-state index in [0.717, 1.165) is 5.69 Å². The van der Waals surface area contributed by atoms with Crippen molar-refractivity contribution in [3.8, 4) is 5.75 Å². The van der Waals surface area contributed by atoms with Crippen molar-refractivity contribution < 1.29 is 9.53 Å². The van der Waals surface area contributed by atoms with E-state index in [0.29, 0.717) is 12.4 Å². The second kappa shape index (κ2) is 4.52. The van der Waals surface area contributed by atoms with Crippen LogP contribution in [0.15, 0.2) is 29.4 Å². The summed E-state index contributed by atoms with van der Waals surface area (Å²) in [4.78, 5) is 12.5. The number of hydrogen-bond donors (Lipinski definition) is 2. The number of rotatable bonds is 4. The molecule has 0 aliphatic carbocycles. The van der Waals surface area contributed by atoms with Gasteiger partial charge in [-0.1, -0.05) is 0 Å². The quantitative estimate of drug-likeness (QED) is 0.740. The lowest BCUT2D eigenvalue weighted by Crippen LogP contribution is -2.22. The molecule has 0 saturated heterocycles. The fraction of sp³-hybridized carbons (Fsp3) is 0.200. The third-order valence-corrected chi connectivity index (χ3v) is 2.08. The second-order valence-corrected chi connectivity index (χ2v) is 3.28. The van der Waals surface area contributed by atoms with Crippen LogP contribution in [0.4, 0.5) is 5.69 Å². The summed E-state index contributed by atoms with van der Waals surface area (Å²) in [6.45, 7) is 0.549. The van der Waals surface area contributed by atoms with Crippen LogP contribution in [-0.2, 0) is 4.79 Å². The Balaban J connectivity index is 1.98. The van der Waals surface area contributed by atoms with Crippen LogP contribution in [0, 0.1) is 0 Å². The van der Waals surface area contributed by atoms with Gasteiger partial charge in [-0.05, 0) is 24.3 Å². The van der Waals surface area contributed by atoms with Gasteiger partial charge in [-0.3, -0.25) is 10.2 Å². The molecule has 0 aromatic heterocycles. The number of hydrogen-bond acceptors (Lipinski definition) is 5. The maximum Gasteiger partial charge on any atom is 0.255 e. The maximum absolute atomic E-state index is 10.5. The molecule has 0 spiro atoms. The molecule has 1 aliphatic heterocycles. The van der Waals surface area contributed by atoms with Crippen molar-refractivity contribution in [1.29, 1.82) is 0 Å². The van der Waals surface area contributed by atoms with Crippen molar-refractivity contribution in [3.63, 3.8) is 0 Å². The Kier molecular flexibility index (Phi) is 2.90. The predicted molar refractivity (Wildman–Crippen MR) is 60.1 cm³/mol. The summed E-state index contributed by atoms with van der Waals surface area (Å²) in [5, 5.41) is 3.88. The Morgan fingerprint density at radius 3 is 2.81 bits per heavy atom. The van der Waals surface area contributed by atoms with Crippen molar-refractivity contribution in [2.75, 3.05) is 18.2 Å². The average Bonchev–Trinajstić information content (AvgIpc) is 2.80. The largest absolute Gasteiger partial charge is 0.484 e. The number of carbonyl (C=O) groups is 1.